The Balaban J connectivity index is 2.02. The van der Waals surface area contributed by atoms with Gasteiger partial charge in [0.15, 0.2) is 0 Å². The van der Waals surface area contributed by atoms with Gasteiger partial charge < -0.3 is 49.6 Å². The highest BCUT2D eigenvalue weighted by molar-refractivity contribution is 5.94. The summed E-state index contributed by atoms with van der Waals surface area (Å²) in [5.74, 6) is -11.0. The number of carboxylic acids is 4. The Morgan fingerprint density at radius 2 is 0.615 bits per heavy atom. The summed E-state index contributed by atoms with van der Waals surface area (Å²) in [4.78, 5) is 49.8. The highest BCUT2D eigenvalue weighted by Gasteiger charge is 2.55. The zero-order chi connectivity index (χ0) is 38.0. The van der Waals surface area contributed by atoms with Crippen molar-refractivity contribution in [3.8, 4) is 23.0 Å². The van der Waals surface area contributed by atoms with Gasteiger partial charge in [0.2, 0.25) is 0 Å². The van der Waals surface area contributed by atoms with Gasteiger partial charge in [0.1, 0.15) is 45.3 Å². The Kier molecular flexibility index (Phi) is 10.7. The summed E-state index contributed by atoms with van der Waals surface area (Å²) < 4.78 is 22.7. The zero-order valence-electron chi connectivity index (χ0n) is 28.3. The number of rotatable bonds is 12. The number of carboxylic acid groups (broad SMARTS) is 4. The minimum absolute atomic E-state index is 0.116. The van der Waals surface area contributed by atoms with Crippen LogP contribution in [0.3, 0.4) is 0 Å². The second kappa shape index (κ2) is 15.0. The lowest BCUT2D eigenvalue weighted by Crippen LogP contribution is -2.49. The molecule has 0 amide bonds. The number of aromatic carboxylic acids is 4. The van der Waals surface area contributed by atoms with Crippen LogP contribution in [0.1, 0.15) is 87.4 Å². The molecular weight excluding hydrogens is 680 g/mol. The lowest BCUT2D eigenvalue weighted by Gasteiger charge is -2.50. The van der Waals surface area contributed by atoms with E-state index in [0.29, 0.717) is 0 Å². The van der Waals surface area contributed by atoms with Crippen LogP contribution in [-0.2, 0) is 0 Å². The molecule has 1 aliphatic rings. The smallest absolute Gasteiger partial charge is 0.339 e. The van der Waals surface area contributed by atoms with Crippen molar-refractivity contribution in [2.24, 2.45) is 0 Å². The summed E-state index contributed by atoms with van der Waals surface area (Å²) >= 11 is 0. The van der Waals surface area contributed by atoms with Crippen LogP contribution < -0.4 is 18.9 Å². The van der Waals surface area contributed by atoms with Gasteiger partial charge in [-0.3, -0.25) is 0 Å². The largest absolute Gasteiger partial charge is 0.496 e. The van der Waals surface area contributed by atoms with Crippen LogP contribution in [0.4, 0.5) is 0 Å². The molecule has 14 nitrogen and oxygen atoms in total. The third-order valence-electron chi connectivity index (χ3n) is 9.60. The standard InChI is InChI=1S/C38H36O14/c1-49-31-17(9-5-13-21(31)35(41)42)25-26(18-10-6-14-22(36(43)44)32(18)50-2)28(20-12-8-16-24(38(47)48)34(20)52-4)30(40)29(39)27(25)19-11-7-15-23(37(45)46)33(19)51-3/h5-16,25-30,39-40H,1-4H3,(H,41,42)(H,43,44)(H,45,46)(H,47,48)/t25-,26+,27-,28+,29-,30+. The SMILES string of the molecule is COc1c(C(=O)O)cccc1[C@@H]1[C@H](c2cccc(C(=O)O)c2OC)[C@H](c2cccc(C(=O)O)c2OC)[C@H](O)[C@H](O)[C@@H]1c1cccc(C(=O)O)c1OC. The fraction of sp³-hybridized carbons (Fsp3) is 0.263. The molecule has 0 unspecified atom stereocenters. The van der Waals surface area contributed by atoms with Gasteiger partial charge in [0.25, 0.3) is 0 Å². The first-order valence-corrected chi connectivity index (χ1v) is 15.8. The number of ether oxygens (including phenoxy) is 4. The molecule has 4 aromatic rings. The van der Waals surface area contributed by atoms with E-state index < -0.39 is 59.8 Å². The number of benzene rings is 4. The molecular formula is C38H36O14. The topological polar surface area (TPSA) is 227 Å². The van der Waals surface area contributed by atoms with Gasteiger partial charge in [-0.2, -0.15) is 0 Å². The molecule has 4 aromatic carbocycles. The molecule has 0 bridgehead atoms. The molecule has 0 aliphatic heterocycles. The first-order valence-electron chi connectivity index (χ1n) is 15.8. The summed E-state index contributed by atoms with van der Waals surface area (Å²) in [5, 5.41) is 65.3. The van der Waals surface area contributed by atoms with E-state index in [4.69, 9.17) is 18.9 Å². The molecule has 0 spiro atoms. The molecule has 1 aliphatic carbocycles. The van der Waals surface area contributed by atoms with Gasteiger partial charge in [0.05, 0.1) is 40.6 Å². The molecule has 1 fully saturated rings. The summed E-state index contributed by atoms with van der Waals surface area (Å²) in [6.45, 7) is 0. The Hall–Kier alpha value is -6.12. The molecule has 0 aromatic heterocycles. The number of methoxy groups -OCH3 is 4. The minimum Gasteiger partial charge on any atom is -0.496 e. The number of hydrogen-bond donors (Lipinski definition) is 6. The second-order valence-corrected chi connectivity index (χ2v) is 12.0. The molecule has 52 heavy (non-hydrogen) atoms. The fourth-order valence-electron chi connectivity index (χ4n) is 7.68. The van der Waals surface area contributed by atoms with Crippen LogP contribution in [0.25, 0.3) is 0 Å². The van der Waals surface area contributed by atoms with Crippen LogP contribution in [0.5, 0.6) is 23.0 Å². The van der Waals surface area contributed by atoms with E-state index in [1.54, 1.807) is 12.1 Å². The molecule has 6 N–H and O–H groups in total. The molecule has 1 saturated carbocycles. The third kappa shape index (κ3) is 6.22. The fourth-order valence-corrected chi connectivity index (χ4v) is 7.68. The summed E-state index contributed by atoms with van der Waals surface area (Å²) in [7, 11) is 4.97. The van der Waals surface area contributed by atoms with Crippen LogP contribution >= 0.6 is 0 Å². The predicted molar refractivity (Wildman–Crippen MR) is 183 cm³/mol. The van der Waals surface area contributed by atoms with Crippen LogP contribution in [0, 0.1) is 0 Å². The molecule has 5 rings (SSSR count). The zero-order valence-corrected chi connectivity index (χ0v) is 28.3. The van der Waals surface area contributed by atoms with Crippen molar-refractivity contribution in [1.29, 1.82) is 0 Å². The van der Waals surface area contributed by atoms with E-state index in [9.17, 15) is 49.8 Å². The first-order chi connectivity index (χ1) is 24.8. The predicted octanol–water partition coefficient (Wildman–Crippen LogP) is 4.68. The van der Waals surface area contributed by atoms with E-state index in [1.807, 2.05) is 0 Å². The lowest BCUT2D eigenvalue weighted by molar-refractivity contribution is -0.0528. The average molecular weight is 717 g/mol. The third-order valence-corrected chi connectivity index (χ3v) is 9.60. The van der Waals surface area contributed by atoms with E-state index in [-0.39, 0.29) is 67.5 Å². The number of para-hydroxylation sites is 4. The average Bonchev–Trinajstić information content (AvgIpc) is 3.13. The van der Waals surface area contributed by atoms with Crippen LogP contribution in [0.15, 0.2) is 72.8 Å². The van der Waals surface area contributed by atoms with Crippen LogP contribution in [-0.4, -0.2) is 95.2 Å². The summed E-state index contributed by atoms with van der Waals surface area (Å²) in [6.07, 6.45) is -3.57. The maximum atomic E-state index is 12.5. The second-order valence-electron chi connectivity index (χ2n) is 12.0. The Morgan fingerprint density at radius 3 is 0.808 bits per heavy atom. The van der Waals surface area contributed by atoms with Crippen molar-refractivity contribution in [1.82, 2.24) is 0 Å². The number of aliphatic hydroxyl groups excluding tert-OH is 2. The van der Waals surface area contributed by atoms with Crippen molar-refractivity contribution in [3.05, 3.63) is 117 Å². The number of hydrogen-bond acceptors (Lipinski definition) is 10. The van der Waals surface area contributed by atoms with Crippen molar-refractivity contribution in [3.63, 3.8) is 0 Å². The van der Waals surface area contributed by atoms with E-state index in [2.05, 4.69) is 0 Å². The van der Waals surface area contributed by atoms with Crippen molar-refractivity contribution in [2.45, 2.75) is 35.9 Å². The van der Waals surface area contributed by atoms with E-state index >= 15 is 0 Å². The maximum absolute atomic E-state index is 12.5. The van der Waals surface area contributed by atoms with Gasteiger partial charge >= 0.3 is 23.9 Å². The lowest BCUT2D eigenvalue weighted by atomic mass is 9.56. The highest BCUT2D eigenvalue weighted by Crippen LogP contribution is 2.62. The summed E-state index contributed by atoms with van der Waals surface area (Å²) in [6, 6.07) is 17.0. The van der Waals surface area contributed by atoms with Crippen LogP contribution in [0.2, 0.25) is 0 Å². The van der Waals surface area contributed by atoms with Gasteiger partial charge in [-0.25, -0.2) is 19.2 Å². The molecule has 272 valence electrons. The summed E-state index contributed by atoms with van der Waals surface area (Å²) in [5.41, 5.74) is -0.498. The van der Waals surface area contributed by atoms with Gasteiger partial charge in [0, 0.05) is 34.8 Å². The van der Waals surface area contributed by atoms with Gasteiger partial charge in [-0.05, 0) is 35.4 Å². The monoisotopic (exact) mass is 716 g/mol. The van der Waals surface area contributed by atoms with Crippen molar-refractivity contribution in [2.75, 3.05) is 28.4 Å². The van der Waals surface area contributed by atoms with Crippen molar-refractivity contribution >= 4 is 23.9 Å². The van der Waals surface area contributed by atoms with Crippen molar-refractivity contribution < 1.29 is 68.8 Å². The minimum atomic E-state index is -1.78. The quantitative estimate of drug-likeness (QED) is 0.117. The Morgan fingerprint density at radius 1 is 0.404 bits per heavy atom. The molecule has 0 heterocycles. The first kappa shape index (κ1) is 37.1. The normalized spacial score (nSPS) is 21.1. The van der Waals surface area contributed by atoms with Gasteiger partial charge in [-0.1, -0.05) is 48.5 Å². The van der Waals surface area contributed by atoms with E-state index in [0.717, 1.165) is 0 Å². The Labute approximate surface area is 297 Å². The maximum Gasteiger partial charge on any atom is 0.339 e. The molecule has 0 radical (unpaired) electrons. The molecule has 14 heteroatoms. The highest BCUT2D eigenvalue weighted by atomic mass is 16.5. The Bertz CT molecular complexity index is 1890. The molecule has 0 saturated heterocycles. The molecule has 6 atom stereocenters. The number of carbonyl (C=O) groups is 4. The van der Waals surface area contributed by atoms with Gasteiger partial charge in [-0.15, -0.1) is 0 Å². The van der Waals surface area contributed by atoms with E-state index in [1.165, 1.54) is 89.1 Å². The number of aliphatic hydroxyl groups is 2.